The predicted octanol–water partition coefficient (Wildman–Crippen LogP) is 4.60. The SMILES string of the molecule is CCC[C@@H]1CC(CC)C(CC)N1C(=O)OC(C)(C)C. The molecule has 0 aromatic rings. The third kappa shape index (κ3) is 4.12. The number of carbonyl (C=O) groups is 1. The highest BCUT2D eigenvalue weighted by Gasteiger charge is 2.42. The summed E-state index contributed by atoms with van der Waals surface area (Å²) in [7, 11) is 0. The van der Waals surface area contributed by atoms with Crippen LogP contribution in [-0.2, 0) is 4.74 Å². The highest BCUT2D eigenvalue weighted by molar-refractivity contribution is 5.69. The monoisotopic (exact) mass is 269 g/mol. The zero-order valence-corrected chi connectivity index (χ0v) is 13.5. The summed E-state index contributed by atoms with van der Waals surface area (Å²) >= 11 is 0. The van der Waals surface area contributed by atoms with Crippen LogP contribution < -0.4 is 0 Å². The maximum Gasteiger partial charge on any atom is 0.410 e. The van der Waals surface area contributed by atoms with E-state index in [1.54, 1.807) is 0 Å². The van der Waals surface area contributed by atoms with Crippen LogP contribution in [0.15, 0.2) is 0 Å². The van der Waals surface area contributed by atoms with E-state index in [1.165, 1.54) is 0 Å². The van der Waals surface area contributed by atoms with E-state index in [0.29, 0.717) is 18.0 Å². The molecule has 1 rings (SSSR count). The van der Waals surface area contributed by atoms with Gasteiger partial charge in [0.15, 0.2) is 0 Å². The number of amides is 1. The second-order valence-corrected chi connectivity index (χ2v) is 6.71. The Balaban J connectivity index is 2.86. The smallest absolute Gasteiger partial charge is 0.410 e. The lowest BCUT2D eigenvalue weighted by Crippen LogP contribution is -2.45. The van der Waals surface area contributed by atoms with Gasteiger partial charge in [0.1, 0.15) is 5.60 Å². The van der Waals surface area contributed by atoms with Crippen molar-refractivity contribution in [3.8, 4) is 0 Å². The van der Waals surface area contributed by atoms with Crippen LogP contribution in [0.3, 0.4) is 0 Å². The van der Waals surface area contributed by atoms with Crippen LogP contribution in [-0.4, -0.2) is 28.7 Å². The highest BCUT2D eigenvalue weighted by Crippen LogP contribution is 2.36. The van der Waals surface area contributed by atoms with E-state index in [0.717, 1.165) is 32.1 Å². The second kappa shape index (κ2) is 6.62. The van der Waals surface area contributed by atoms with Gasteiger partial charge in [-0.3, -0.25) is 0 Å². The Hall–Kier alpha value is -0.730. The van der Waals surface area contributed by atoms with E-state index < -0.39 is 5.60 Å². The first-order valence-electron chi connectivity index (χ1n) is 7.85. The first-order chi connectivity index (χ1) is 8.84. The van der Waals surface area contributed by atoms with E-state index >= 15 is 0 Å². The lowest BCUT2D eigenvalue weighted by Gasteiger charge is -2.33. The topological polar surface area (TPSA) is 29.5 Å². The van der Waals surface area contributed by atoms with Crippen molar-refractivity contribution in [2.75, 3.05) is 0 Å². The van der Waals surface area contributed by atoms with Crippen molar-refractivity contribution in [1.82, 2.24) is 4.90 Å². The number of likely N-dealkylation sites (tertiary alicyclic amines) is 1. The Morgan fingerprint density at radius 3 is 2.26 bits per heavy atom. The highest BCUT2D eigenvalue weighted by atomic mass is 16.6. The Bertz CT molecular complexity index is 296. The first-order valence-corrected chi connectivity index (χ1v) is 7.85. The maximum absolute atomic E-state index is 12.5. The van der Waals surface area contributed by atoms with Gasteiger partial charge in [-0.05, 0) is 46.0 Å². The minimum Gasteiger partial charge on any atom is -0.444 e. The summed E-state index contributed by atoms with van der Waals surface area (Å²) in [4.78, 5) is 14.5. The summed E-state index contributed by atoms with van der Waals surface area (Å²) < 4.78 is 5.61. The molecule has 0 aromatic carbocycles. The van der Waals surface area contributed by atoms with E-state index in [4.69, 9.17) is 4.74 Å². The standard InChI is InChI=1S/C16H31NO2/c1-7-10-13-11-12(8-2)14(9-3)17(13)15(18)19-16(4,5)6/h12-14H,7-11H2,1-6H3/t12?,13-,14?/m1/s1. The zero-order chi connectivity index (χ0) is 14.6. The molecule has 0 spiro atoms. The molecule has 0 aromatic heterocycles. The number of nitrogens with zero attached hydrogens (tertiary/aromatic N) is 1. The van der Waals surface area contributed by atoms with Crippen molar-refractivity contribution in [2.45, 2.75) is 91.3 Å². The Morgan fingerprint density at radius 2 is 1.84 bits per heavy atom. The number of rotatable bonds is 4. The molecule has 3 atom stereocenters. The molecule has 1 fully saturated rings. The van der Waals surface area contributed by atoms with E-state index in [2.05, 4.69) is 20.8 Å². The van der Waals surface area contributed by atoms with Crippen LogP contribution in [0.1, 0.15) is 73.6 Å². The lowest BCUT2D eigenvalue weighted by atomic mass is 9.94. The van der Waals surface area contributed by atoms with E-state index in [-0.39, 0.29) is 6.09 Å². The Kier molecular flexibility index (Phi) is 5.69. The van der Waals surface area contributed by atoms with Crippen molar-refractivity contribution in [3.63, 3.8) is 0 Å². The minimum absolute atomic E-state index is 0.117. The van der Waals surface area contributed by atoms with Gasteiger partial charge in [0.05, 0.1) is 0 Å². The van der Waals surface area contributed by atoms with Gasteiger partial charge in [0.2, 0.25) is 0 Å². The first kappa shape index (κ1) is 16.3. The molecule has 1 aliphatic heterocycles. The summed E-state index contributed by atoms with van der Waals surface area (Å²) in [5, 5.41) is 0. The average molecular weight is 269 g/mol. The summed E-state index contributed by atoms with van der Waals surface area (Å²) in [6, 6.07) is 0.728. The average Bonchev–Trinajstić information content (AvgIpc) is 2.65. The fourth-order valence-corrected chi connectivity index (χ4v) is 3.28. The molecule has 1 saturated heterocycles. The van der Waals surface area contributed by atoms with Gasteiger partial charge in [0, 0.05) is 12.1 Å². The van der Waals surface area contributed by atoms with Crippen molar-refractivity contribution >= 4 is 6.09 Å². The van der Waals surface area contributed by atoms with Gasteiger partial charge in [0.25, 0.3) is 0 Å². The molecular formula is C16H31NO2. The lowest BCUT2D eigenvalue weighted by molar-refractivity contribution is 0.0118. The fourth-order valence-electron chi connectivity index (χ4n) is 3.28. The molecule has 1 amide bonds. The second-order valence-electron chi connectivity index (χ2n) is 6.71. The molecule has 0 bridgehead atoms. The van der Waals surface area contributed by atoms with Gasteiger partial charge in [-0.25, -0.2) is 4.79 Å². The quantitative estimate of drug-likeness (QED) is 0.746. The van der Waals surface area contributed by atoms with Gasteiger partial charge in [-0.15, -0.1) is 0 Å². The molecule has 0 radical (unpaired) electrons. The van der Waals surface area contributed by atoms with Crippen LogP contribution >= 0.6 is 0 Å². The van der Waals surface area contributed by atoms with Gasteiger partial charge >= 0.3 is 6.09 Å². The number of hydrogen-bond acceptors (Lipinski definition) is 2. The molecule has 1 aliphatic rings. The van der Waals surface area contributed by atoms with Crippen molar-refractivity contribution in [1.29, 1.82) is 0 Å². The van der Waals surface area contributed by atoms with E-state index in [9.17, 15) is 4.79 Å². The molecular weight excluding hydrogens is 238 g/mol. The minimum atomic E-state index is -0.406. The van der Waals surface area contributed by atoms with Crippen LogP contribution in [0.25, 0.3) is 0 Å². The third-order valence-electron chi connectivity index (χ3n) is 4.04. The van der Waals surface area contributed by atoms with Crippen molar-refractivity contribution < 1.29 is 9.53 Å². The molecule has 1 heterocycles. The summed E-state index contributed by atoms with van der Waals surface area (Å²) in [5.74, 6) is 0.633. The number of carbonyl (C=O) groups excluding carboxylic acids is 1. The predicted molar refractivity (Wildman–Crippen MR) is 79.2 cm³/mol. The molecule has 2 unspecified atom stereocenters. The van der Waals surface area contributed by atoms with Crippen LogP contribution in [0, 0.1) is 5.92 Å². The molecule has 0 N–H and O–H groups in total. The summed E-state index contributed by atoms with van der Waals surface area (Å²) in [6.45, 7) is 12.4. The maximum atomic E-state index is 12.5. The number of hydrogen-bond donors (Lipinski definition) is 0. The van der Waals surface area contributed by atoms with Gasteiger partial charge in [-0.1, -0.05) is 33.6 Å². The summed E-state index contributed by atoms with van der Waals surface area (Å²) in [6.07, 6.45) is 5.41. The molecule has 112 valence electrons. The molecule has 3 heteroatoms. The largest absolute Gasteiger partial charge is 0.444 e. The van der Waals surface area contributed by atoms with Gasteiger partial charge < -0.3 is 9.64 Å². The van der Waals surface area contributed by atoms with E-state index in [1.807, 2.05) is 25.7 Å². The number of ether oxygens (including phenoxy) is 1. The summed E-state index contributed by atoms with van der Waals surface area (Å²) in [5.41, 5.74) is -0.406. The Labute approximate surface area is 118 Å². The normalized spacial score (nSPS) is 27.7. The molecule has 0 saturated carbocycles. The van der Waals surface area contributed by atoms with Crippen molar-refractivity contribution in [2.24, 2.45) is 5.92 Å². The van der Waals surface area contributed by atoms with Crippen LogP contribution in [0.4, 0.5) is 4.79 Å². The fraction of sp³-hybridized carbons (Fsp3) is 0.938. The third-order valence-corrected chi connectivity index (χ3v) is 4.04. The molecule has 3 nitrogen and oxygen atoms in total. The van der Waals surface area contributed by atoms with Crippen LogP contribution in [0.5, 0.6) is 0 Å². The molecule has 19 heavy (non-hydrogen) atoms. The van der Waals surface area contributed by atoms with Crippen LogP contribution in [0.2, 0.25) is 0 Å². The molecule has 0 aliphatic carbocycles. The zero-order valence-electron chi connectivity index (χ0n) is 13.5. The van der Waals surface area contributed by atoms with Crippen molar-refractivity contribution in [3.05, 3.63) is 0 Å². The Morgan fingerprint density at radius 1 is 1.21 bits per heavy atom. The van der Waals surface area contributed by atoms with Gasteiger partial charge in [-0.2, -0.15) is 0 Å².